The van der Waals surface area contributed by atoms with Crippen LogP contribution in [0.15, 0.2) is 27.8 Å². The molecule has 1 aliphatic heterocycles. The van der Waals surface area contributed by atoms with E-state index in [1.54, 1.807) is 4.90 Å². The average Bonchev–Trinajstić information content (AvgIpc) is 2.71. The maximum Gasteiger partial charge on any atom is 0.227 e. The van der Waals surface area contributed by atoms with E-state index in [9.17, 15) is 4.79 Å². The molecule has 94 valence electrons. The van der Waals surface area contributed by atoms with Crippen LogP contribution < -0.4 is 4.90 Å². The number of hydrogen-bond donors (Lipinski definition) is 0. The molecular formula is C12H13BrN4O. The van der Waals surface area contributed by atoms with E-state index >= 15 is 0 Å². The first-order chi connectivity index (χ1) is 8.63. The highest BCUT2D eigenvalue weighted by Gasteiger charge is 2.31. The van der Waals surface area contributed by atoms with E-state index < -0.39 is 0 Å². The lowest BCUT2D eigenvalue weighted by Gasteiger charge is -2.19. The molecule has 1 aliphatic rings. The smallest absolute Gasteiger partial charge is 0.227 e. The van der Waals surface area contributed by atoms with Crippen molar-refractivity contribution < 1.29 is 4.79 Å². The number of anilines is 1. The molecule has 2 rings (SSSR count). The van der Waals surface area contributed by atoms with Crippen LogP contribution >= 0.6 is 15.9 Å². The quantitative estimate of drug-likeness (QED) is 0.479. The van der Waals surface area contributed by atoms with Gasteiger partial charge in [0, 0.05) is 28.9 Å². The first-order valence-corrected chi connectivity index (χ1v) is 6.49. The SMILES string of the molecule is Cc1cccc(N2CC(CN=[N+]=[N-])CC2=O)c1Br. The van der Waals surface area contributed by atoms with Crippen LogP contribution in [0.1, 0.15) is 12.0 Å². The van der Waals surface area contributed by atoms with Crippen molar-refractivity contribution in [2.24, 2.45) is 11.0 Å². The third-order valence-corrected chi connectivity index (χ3v) is 4.10. The van der Waals surface area contributed by atoms with Crippen molar-refractivity contribution in [2.45, 2.75) is 13.3 Å². The van der Waals surface area contributed by atoms with Gasteiger partial charge in [-0.25, -0.2) is 0 Å². The van der Waals surface area contributed by atoms with Crippen LogP contribution in [0.2, 0.25) is 0 Å². The van der Waals surface area contributed by atoms with Crippen molar-refractivity contribution in [1.82, 2.24) is 0 Å². The van der Waals surface area contributed by atoms with Crippen LogP contribution in [0, 0.1) is 12.8 Å². The summed E-state index contributed by atoms with van der Waals surface area (Å²) in [4.78, 5) is 16.5. The minimum absolute atomic E-state index is 0.0828. The van der Waals surface area contributed by atoms with E-state index in [-0.39, 0.29) is 11.8 Å². The van der Waals surface area contributed by atoms with E-state index in [1.807, 2.05) is 25.1 Å². The zero-order valence-corrected chi connectivity index (χ0v) is 11.6. The summed E-state index contributed by atoms with van der Waals surface area (Å²) < 4.78 is 0.947. The number of nitrogens with zero attached hydrogens (tertiary/aromatic N) is 4. The Balaban J connectivity index is 2.21. The lowest BCUT2D eigenvalue weighted by atomic mass is 10.1. The van der Waals surface area contributed by atoms with Crippen LogP contribution in [0.25, 0.3) is 10.4 Å². The minimum atomic E-state index is 0.0828. The van der Waals surface area contributed by atoms with E-state index in [0.717, 1.165) is 15.7 Å². The van der Waals surface area contributed by atoms with E-state index in [4.69, 9.17) is 5.53 Å². The van der Waals surface area contributed by atoms with Crippen LogP contribution in [-0.4, -0.2) is 19.0 Å². The lowest BCUT2D eigenvalue weighted by Crippen LogP contribution is -2.25. The van der Waals surface area contributed by atoms with Gasteiger partial charge in [0.15, 0.2) is 0 Å². The van der Waals surface area contributed by atoms with Crippen molar-refractivity contribution in [1.29, 1.82) is 0 Å². The van der Waals surface area contributed by atoms with E-state index in [2.05, 4.69) is 26.0 Å². The minimum Gasteiger partial charge on any atom is -0.311 e. The van der Waals surface area contributed by atoms with Crippen molar-refractivity contribution in [3.8, 4) is 0 Å². The Bertz CT molecular complexity index is 525. The van der Waals surface area contributed by atoms with Crippen LogP contribution in [0.5, 0.6) is 0 Å². The zero-order valence-electron chi connectivity index (χ0n) is 10.0. The number of carbonyl (C=O) groups excluding carboxylic acids is 1. The molecule has 0 aliphatic carbocycles. The Morgan fingerprint density at radius 1 is 1.61 bits per heavy atom. The largest absolute Gasteiger partial charge is 0.311 e. The molecular weight excluding hydrogens is 296 g/mol. The molecule has 1 fully saturated rings. The zero-order chi connectivity index (χ0) is 13.1. The van der Waals surface area contributed by atoms with Crippen LogP contribution in [0.3, 0.4) is 0 Å². The second kappa shape index (κ2) is 5.42. The van der Waals surface area contributed by atoms with Gasteiger partial charge in [0.1, 0.15) is 0 Å². The van der Waals surface area contributed by atoms with Gasteiger partial charge < -0.3 is 4.90 Å². The number of aryl methyl sites for hydroxylation is 1. The van der Waals surface area contributed by atoms with Gasteiger partial charge in [-0.15, -0.1) is 0 Å². The highest BCUT2D eigenvalue weighted by molar-refractivity contribution is 9.10. The van der Waals surface area contributed by atoms with Crippen molar-refractivity contribution in [3.05, 3.63) is 38.7 Å². The van der Waals surface area contributed by atoms with Gasteiger partial charge in [-0.1, -0.05) is 17.2 Å². The normalized spacial score (nSPS) is 18.9. The molecule has 1 aromatic rings. The first kappa shape index (κ1) is 12.9. The number of amides is 1. The summed E-state index contributed by atoms with van der Waals surface area (Å²) in [7, 11) is 0. The van der Waals surface area contributed by atoms with Gasteiger partial charge in [-0.2, -0.15) is 0 Å². The summed E-state index contributed by atoms with van der Waals surface area (Å²) in [5, 5.41) is 3.55. The summed E-state index contributed by atoms with van der Waals surface area (Å²) in [6.45, 7) is 2.98. The first-order valence-electron chi connectivity index (χ1n) is 5.70. The molecule has 6 heteroatoms. The average molecular weight is 309 g/mol. The molecule has 1 aromatic carbocycles. The lowest BCUT2D eigenvalue weighted by molar-refractivity contribution is -0.117. The Kier molecular flexibility index (Phi) is 3.89. The molecule has 5 nitrogen and oxygen atoms in total. The summed E-state index contributed by atoms with van der Waals surface area (Å²) in [6, 6.07) is 5.85. The summed E-state index contributed by atoms with van der Waals surface area (Å²) in [5.74, 6) is 0.195. The highest BCUT2D eigenvalue weighted by atomic mass is 79.9. The standard InChI is InChI=1S/C12H13BrN4O/c1-8-3-2-4-10(12(8)13)17-7-9(5-11(17)18)6-15-16-14/h2-4,9H,5-7H2,1H3. The van der Waals surface area contributed by atoms with Gasteiger partial charge in [-0.3, -0.25) is 4.79 Å². The Labute approximate surface area is 114 Å². The number of halogens is 1. The molecule has 0 N–H and O–H groups in total. The molecule has 1 saturated heterocycles. The maximum absolute atomic E-state index is 12.0. The van der Waals surface area contributed by atoms with E-state index in [1.165, 1.54) is 0 Å². The Morgan fingerprint density at radius 3 is 3.11 bits per heavy atom. The fourth-order valence-corrected chi connectivity index (χ4v) is 2.61. The predicted molar refractivity (Wildman–Crippen MR) is 73.4 cm³/mol. The molecule has 0 saturated carbocycles. The Morgan fingerprint density at radius 2 is 2.39 bits per heavy atom. The summed E-state index contributed by atoms with van der Waals surface area (Å²) >= 11 is 3.51. The van der Waals surface area contributed by atoms with Crippen LogP contribution in [-0.2, 0) is 4.79 Å². The molecule has 0 bridgehead atoms. The fraction of sp³-hybridized carbons (Fsp3) is 0.417. The van der Waals surface area contributed by atoms with E-state index in [0.29, 0.717) is 19.5 Å². The van der Waals surface area contributed by atoms with Gasteiger partial charge in [0.2, 0.25) is 5.91 Å². The van der Waals surface area contributed by atoms with Gasteiger partial charge in [0.25, 0.3) is 0 Å². The molecule has 0 radical (unpaired) electrons. The number of carbonyl (C=O) groups is 1. The molecule has 1 unspecified atom stereocenters. The third kappa shape index (κ3) is 2.49. The summed E-state index contributed by atoms with van der Waals surface area (Å²) in [5.41, 5.74) is 10.3. The van der Waals surface area contributed by atoms with Gasteiger partial charge in [0.05, 0.1) is 5.69 Å². The molecule has 1 amide bonds. The van der Waals surface area contributed by atoms with Gasteiger partial charge >= 0.3 is 0 Å². The topological polar surface area (TPSA) is 69.1 Å². The maximum atomic E-state index is 12.0. The van der Waals surface area contributed by atoms with Crippen molar-refractivity contribution in [2.75, 3.05) is 18.0 Å². The fourth-order valence-electron chi connectivity index (χ4n) is 2.13. The van der Waals surface area contributed by atoms with Gasteiger partial charge in [-0.05, 0) is 45.9 Å². The molecule has 1 heterocycles. The van der Waals surface area contributed by atoms with Crippen molar-refractivity contribution >= 4 is 27.5 Å². The second-order valence-corrected chi connectivity index (χ2v) is 5.19. The predicted octanol–water partition coefficient (Wildman–Crippen LogP) is 3.42. The molecule has 0 aromatic heterocycles. The number of azide groups is 1. The van der Waals surface area contributed by atoms with Crippen molar-refractivity contribution in [3.63, 3.8) is 0 Å². The highest BCUT2D eigenvalue weighted by Crippen LogP contribution is 2.33. The second-order valence-electron chi connectivity index (χ2n) is 4.40. The molecule has 18 heavy (non-hydrogen) atoms. The number of rotatable bonds is 3. The molecule has 0 spiro atoms. The monoisotopic (exact) mass is 308 g/mol. The van der Waals surface area contributed by atoms with Crippen LogP contribution in [0.4, 0.5) is 5.69 Å². The summed E-state index contributed by atoms with van der Waals surface area (Å²) in [6.07, 6.45) is 0.444. The Hall–Kier alpha value is -1.52. The number of hydrogen-bond acceptors (Lipinski definition) is 2. The molecule has 1 atom stereocenters. The number of benzene rings is 1. The third-order valence-electron chi connectivity index (χ3n) is 3.07.